The second-order valence-corrected chi connectivity index (χ2v) is 6.45. The fourth-order valence-corrected chi connectivity index (χ4v) is 2.60. The van der Waals surface area contributed by atoms with E-state index in [2.05, 4.69) is 36.5 Å². The van der Waals surface area contributed by atoms with Crippen molar-refractivity contribution >= 4 is 45.0 Å². The van der Waals surface area contributed by atoms with Gasteiger partial charge in [-0.05, 0) is 52.2 Å². The number of para-hydroxylation sites is 1. The third-order valence-corrected chi connectivity index (χ3v) is 4.20. The van der Waals surface area contributed by atoms with Crippen molar-refractivity contribution in [2.24, 2.45) is 0 Å². The van der Waals surface area contributed by atoms with E-state index in [1.807, 2.05) is 54.6 Å². The van der Waals surface area contributed by atoms with Gasteiger partial charge in [0.25, 0.3) is 0 Å². The van der Waals surface area contributed by atoms with Crippen LogP contribution in [0.3, 0.4) is 0 Å². The minimum absolute atomic E-state index is 0.122. The van der Waals surface area contributed by atoms with Crippen LogP contribution in [0, 0.1) is 0 Å². The van der Waals surface area contributed by atoms with Crippen LogP contribution in [-0.2, 0) is 11.2 Å². The summed E-state index contributed by atoms with van der Waals surface area (Å²) < 4.78 is 0.760. The molecule has 2 aromatic carbocycles. The average Bonchev–Trinajstić information content (AvgIpc) is 2.65. The number of halogens is 1. The maximum Gasteiger partial charge on any atom is 0.303 e. The van der Waals surface area contributed by atoms with E-state index in [1.165, 1.54) is 0 Å². The SMILES string of the molecule is O=C(O)CCc1ccc(Nc2ncc(Br)c(Nc3ccccc3)n2)cc1. The lowest BCUT2D eigenvalue weighted by Crippen LogP contribution is -2.02. The molecular formula is C19H17BrN4O2. The number of aromatic nitrogens is 2. The van der Waals surface area contributed by atoms with Crippen molar-refractivity contribution < 1.29 is 9.90 Å². The van der Waals surface area contributed by atoms with Gasteiger partial charge in [-0.25, -0.2) is 4.98 Å². The third-order valence-electron chi connectivity index (χ3n) is 3.62. The first-order valence-corrected chi connectivity index (χ1v) is 8.82. The zero-order chi connectivity index (χ0) is 18.4. The Morgan fingerprint density at radius 2 is 1.69 bits per heavy atom. The molecule has 0 saturated carbocycles. The molecular weight excluding hydrogens is 396 g/mol. The standard InChI is InChI=1S/C19H17BrN4O2/c20-16-12-21-19(24-18(16)22-14-4-2-1-3-5-14)23-15-9-6-13(7-10-15)8-11-17(25)26/h1-7,9-10,12H,8,11H2,(H,25,26)(H2,21,22,23,24). The van der Waals surface area contributed by atoms with E-state index in [4.69, 9.17) is 5.11 Å². The summed E-state index contributed by atoms with van der Waals surface area (Å²) >= 11 is 3.45. The fraction of sp³-hybridized carbons (Fsp3) is 0.105. The van der Waals surface area contributed by atoms with E-state index in [9.17, 15) is 4.79 Å². The highest BCUT2D eigenvalue weighted by Crippen LogP contribution is 2.25. The molecule has 0 spiro atoms. The number of benzene rings is 2. The molecule has 0 saturated heterocycles. The van der Waals surface area contributed by atoms with E-state index in [1.54, 1.807) is 6.20 Å². The summed E-state index contributed by atoms with van der Waals surface area (Å²) in [5.74, 6) is 0.325. The van der Waals surface area contributed by atoms with Gasteiger partial charge in [-0.1, -0.05) is 30.3 Å². The number of carboxylic acids is 1. The summed E-state index contributed by atoms with van der Waals surface area (Å²) in [6, 6.07) is 17.3. The van der Waals surface area contributed by atoms with Crippen LogP contribution in [0.25, 0.3) is 0 Å². The number of aliphatic carboxylic acids is 1. The van der Waals surface area contributed by atoms with E-state index < -0.39 is 5.97 Å². The zero-order valence-electron chi connectivity index (χ0n) is 13.8. The molecule has 0 aliphatic carbocycles. The first-order valence-electron chi connectivity index (χ1n) is 8.02. The van der Waals surface area contributed by atoms with Gasteiger partial charge >= 0.3 is 5.97 Å². The minimum Gasteiger partial charge on any atom is -0.481 e. The molecule has 0 atom stereocenters. The second kappa shape index (κ2) is 8.44. The van der Waals surface area contributed by atoms with Gasteiger partial charge in [-0.15, -0.1) is 0 Å². The Hall–Kier alpha value is -2.93. The molecule has 3 aromatic rings. The smallest absolute Gasteiger partial charge is 0.303 e. The molecule has 0 unspecified atom stereocenters. The minimum atomic E-state index is -0.797. The molecule has 132 valence electrons. The Balaban J connectivity index is 1.70. The van der Waals surface area contributed by atoms with Crippen molar-refractivity contribution in [1.29, 1.82) is 0 Å². The Morgan fingerprint density at radius 1 is 1.00 bits per heavy atom. The summed E-state index contributed by atoms with van der Waals surface area (Å²) in [5.41, 5.74) is 2.73. The van der Waals surface area contributed by atoms with Crippen LogP contribution in [0.15, 0.2) is 65.3 Å². The van der Waals surface area contributed by atoms with Crippen LogP contribution in [0.4, 0.5) is 23.1 Å². The molecule has 26 heavy (non-hydrogen) atoms. The quantitative estimate of drug-likeness (QED) is 0.519. The number of carboxylic acid groups (broad SMARTS) is 1. The molecule has 3 N–H and O–H groups in total. The van der Waals surface area contributed by atoms with Crippen LogP contribution >= 0.6 is 15.9 Å². The summed E-state index contributed by atoms with van der Waals surface area (Å²) in [7, 11) is 0. The predicted molar refractivity (Wildman–Crippen MR) is 105 cm³/mol. The molecule has 0 aliphatic heterocycles. The molecule has 0 bridgehead atoms. The van der Waals surface area contributed by atoms with Gasteiger partial charge in [0.05, 0.1) is 4.47 Å². The Labute approximate surface area is 159 Å². The van der Waals surface area contributed by atoms with Gasteiger partial charge in [-0.2, -0.15) is 4.98 Å². The van der Waals surface area contributed by atoms with Crippen LogP contribution in [0.1, 0.15) is 12.0 Å². The predicted octanol–water partition coefficient (Wildman–Crippen LogP) is 4.74. The van der Waals surface area contributed by atoms with Crippen molar-refractivity contribution in [3.63, 3.8) is 0 Å². The first-order chi connectivity index (χ1) is 12.6. The Kier molecular flexibility index (Phi) is 5.80. The molecule has 0 aliphatic rings. The lowest BCUT2D eigenvalue weighted by atomic mass is 10.1. The van der Waals surface area contributed by atoms with Gasteiger partial charge in [0.2, 0.25) is 5.95 Å². The zero-order valence-corrected chi connectivity index (χ0v) is 15.4. The van der Waals surface area contributed by atoms with Crippen LogP contribution in [0.5, 0.6) is 0 Å². The summed E-state index contributed by atoms with van der Waals surface area (Å²) in [4.78, 5) is 19.4. The number of carbonyl (C=O) groups is 1. The number of anilines is 4. The first kappa shape index (κ1) is 17.9. The number of hydrogen-bond acceptors (Lipinski definition) is 5. The topological polar surface area (TPSA) is 87.1 Å². The normalized spacial score (nSPS) is 10.3. The maximum atomic E-state index is 10.6. The average molecular weight is 413 g/mol. The van der Waals surface area contributed by atoms with Gasteiger partial charge in [0.1, 0.15) is 5.82 Å². The van der Waals surface area contributed by atoms with E-state index in [0.29, 0.717) is 18.2 Å². The Morgan fingerprint density at radius 3 is 2.38 bits per heavy atom. The summed E-state index contributed by atoms with van der Waals surface area (Å²) in [5, 5.41) is 15.1. The molecule has 1 heterocycles. The van der Waals surface area contributed by atoms with Gasteiger partial charge in [0, 0.05) is 24.0 Å². The molecule has 7 heteroatoms. The number of nitrogens with zero attached hydrogens (tertiary/aromatic N) is 2. The summed E-state index contributed by atoms with van der Waals surface area (Å²) in [6.45, 7) is 0. The fourth-order valence-electron chi connectivity index (χ4n) is 2.31. The van der Waals surface area contributed by atoms with Gasteiger partial charge < -0.3 is 15.7 Å². The molecule has 0 fully saturated rings. The second-order valence-electron chi connectivity index (χ2n) is 5.60. The molecule has 6 nitrogen and oxygen atoms in total. The number of nitrogens with one attached hydrogen (secondary N) is 2. The van der Waals surface area contributed by atoms with E-state index in [-0.39, 0.29) is 6.42 Å². The third kappa shape index (κ3) is 5.03. The summed E-state index contributed by atoms with van der Waals surface area (Å²) in [6.07, 6.45) is 2.31. The van der Waals surface area contributed by atoms with E-state index >= 15 is 0 Å². The van der Waals surface area contributed by atoms with Crippen molar-refractivity contribution in [3.05, 3.63) is 70.8 Å². The van der Waals surface area contributed by atoms with Gasteiger partial charge in [0.15, 0.2) is 0 Å². The highest BCUT2D eigenvalue weighted by Gasteiger charge is 2.06. The van der Waals surface area contributed by atoms with Gasteiger partial charge in [-0.3, -0.25) is 4.79 Å². The maximum absolute atomic E-state index is 10.6. The lowest BCUT2D eigenvalue weighted by molar-refractivity contribution is -0.136. The van der Waals surface area contributed by atoms with Crippen LogP contribution in [0.2, 0.25) is 0 Å². The van der Waals surface area contributed by atoms with Crippen molar-refractivity contribution in [2.75, 3.05) is 10.6 Å². The van der Waals surface area contributed by atoms with Crippen molar-refractivity contribution in [1.82, 2.24) is 9.97 Å². The monoisotopic (exact) mass is 412 g/mol. The van der Waals surface area contributed by atoms with Crippen LogP contribution < -0.4 is 10.6 Å². The molecule has 0 radical (unpaired) electrons. The molecule has 3 rings (SSSR count). The number of aryl methyl sites for hydroxylation is 1. The number of hydrogen-bond donors (Lipinski definition) is 3. The largest absolute Gasteiger partial charge is 0.481 e. The number of rotatable bonds is 7. The van der Waals surface area contributed by atoms with Crippen molar-refractivity contribution in [2.45, 2.75) is 12.8 Å². The highest BCUT2D eigenvalue weighted by atomic mass is 79.9. The lowest BCUT2D eigenvalue weighted by Gasteiger charge is -2.10. The van der Waals surface area contributed by atoms with Crippen LogP contribution in [-0.4, -0.2) is 21.0 Å². The molecule has 1 aromatic heterocycles. The van der Waals surface area contributed by atoms with Crippen molar-refractivity contribution in [3.8, 4) is 0 Å². The van der Waals surface area contributed by atoms with E-state index in [0.717, 1.165) is 21.4 Å². The Bertz CT molecular complexity index is 886. The highest BCUT2D eigenvalue weighted by molar-refractivity contribution is 9.10. The molecule has 0 amide bonds.